The van der Waals surface area contributed by atoms with Gasteiger partial charge in [0.2, 0.25) is 11.8 Å². The molecular formula is C32H30ClF2N5O4. The lowest BCUT2D eigenvalue weighted by Gasteiger charge is -2.39. The highest BCUT2D eigenvalue weighted by molar-refractivity contribution is 6.31. The van der Waals surface area contributed by atoms with Gasteiger partial charge in [-0.15, -0.1) is 0 Å². The number of halogens is 3. The van der Waals surface area contributed by atoms with Crippen LogP contribution < -0.4 is 15.1 Å². The van der Waals surface area contributed by atoms with Crippen molar-refractivity contribution >= 4 is 40.8 Å². The molecule has 2 aliphatic rings. The Balaban J connectivity index is 1.65. The van der Waals surface area contributed by atoms with Crippen LogP contribution in [0, 0.1) is 11.3 Å². The van der Waals surface area contributed by atoms with E-state index in [0.29, 0.717) is 5.56 Å². The minimum atomic E-state index is -2.90. The van der Waals surface area contributed by atoms with Crippen LogP contribution in [0.1, 0.15) is 62.3 Å². The maximum Gasteiger partial charge on any atom is 0.252 e. The van der Waals surface area contributed by atoms with Crippen LogP contribution in [0.5, 0.6) is 0 Å². The molecule has 3 amide bonds. The van der Waals surface area contributed by atoms with E-state index in [1.807, 2.05) is 6.07 Å². The Kier molecular flexibility index (Phi) is 8.42. The van der Waals surface area contributed by atoms with Crippen LogP contribution in [-0.4, -0.2) is 45.8 Å². The van der Waals surface area contributed by atoms with Gasteiger partial charge in [0.15, 0.2) is 0 Å². The number of anilines is 2. The molecule has 1 saturated carbocycles. The first-order chi connectivity index (χ1) is 20.8. The number of nitrogens with zero attached hydrogens (tertiary/aromatic N) is 4. The molecule has 0 bridgehead atoms. The Bertz CT molecular complexity index is 1650. The van der Waals surface area contributed by atoms with Gasteiger partial charge in [-0.2, -0.15) is 5.26 Å². The number of carbonyl (C=O) groups excluding carboxylic acids is 3. The number of alkyl halides is 2. The normalized spacial score (nSPS) is 18.7. The smallest absolute Gasteiger partial charge is 0.252 e. The molecular weight excluding hydrogens is 592 g/mol. The Morgan fingerprint density at radius 1 is 1.18 bits per heavy atom. The Morgan fingerprint density at radius 2 is 1.91 bits per heavy atom. The summed E-state index contributed by atoms with van der Waals surface area (Å²) in [7, 11) is 0. The summed E-state index contributed by atoms with van der Waals surface area (Å²) in [5.41, 5.74) is -0.192. The van der Waals surface area contributed by atoms with E-state index in [1.54, 1.807) is 62.4 Å². The van der Waals surface area contributed by atoms with Gasteiger partial charge in [-0.05, 0) is 56.2 Å². The molecule has 5 rings (SSSR count). The van der Waals surface area contributed by atoms with Crippen molar-refractivity contribution in [2.24, 2.45) is 0 Å². The zero-order valence-corrected chi connectivity index (χ0v) is 24.8. The number of rotatable bonds is 8. The number of hydrogen-bond acceptors (Lipinski definition) is 6. The van der Waals surface area contributed by atoms with Crippen LogP contribution in [0.25, 0.3) is 0 Å². The van der Waals surface area contributed by atoms with E-state index < -0.39 is 60.2 Å². The summed E-state index contributed by atoms with van der Waals surface area (Å²) in [4.78, 5) is 48.6. The van der Waals surface area contributed by atoms with Crippen LogP contribution in [0.3, 0.4) is 0 Å². The number of aliphatic hydroxyl groups is 1. The average Bonchev–Trinajstić information content (AvgIpc) is 3.36. The fourth-order valence-electron chi connectivity index (χ4n) is 5.56. The van der Waals surface area contributed by atoms with Crippen molar-refractivity contribution in [3.05, 3.63) is 88.6 Å². The molecule has 1 saturated heterocycles. The van der Waals surface area contributed by atoms with Crippen LogP contribution in [0.4, 0.5) is 20.3 Å². The first kappa shape index (κ1) is 31.0. The van der Waals surface area contributed by atoms with E-state index in [0.717, 1.165) is 0 Å². The van der Waals surface area contributed by atoms with Gasteiger partial charge < -0.3 is 10.4 Å². The number of nitrogens with one attached hydrogen (secondary N) is 1. The molecule has 2 N–H and O–H groups in total. The van der Waals surface area contributed by atoms with Crippen molar-refractivity contribution < 1.29 is 28.3 Å². The largest absolute Gasteiger partial charge is 0.386 e. The van der Waals surface area contributed by atoms with Crippen LogP contribution >= 0.6 is 11.6 Å². The molecule has 2 fully saturated rings. The van der Waals surface area contributed by atoms with Gasteiger partial charge in [-0.3, -0.25) is 24.2 Å². The molecule has 2 heterocycles. The molecule has 12 heteroatoms. The number of nitriles is 1. The number of amides is 3. The Morgan fingerprint density at radius 3 is 2.57 bits per heavy atom. The minimum absolute atomic E-state index is 0.00648. The highest BCUT2D eigenvalue weighted by Crippen LogP contribution is 2.40. The maximum atomic E-state index is 14.7. The lowest BCUT2D eigenvalue weighted by atomic mass is 9.87. The van der Waals surface area contributed by atoms with Gasteiger partial charge in [0, 0.05) is 47.8 Å². The topological polar surface area (TPSA) is 127 Å². The minimum Gasteiger partial charge on any atom is -0.386 e. The van der Waals surface area contributed by atoms with Crippen LogP contribution in [0.2, 0.25) is 5.02 Å². The SMILES string of the molecule is CC(C)(O)c1cccc(N(C(=O)[C@@H]2CCC(=O)N2c2cc(C#N)ccn2)[C@H](C(=O)NC2CC(F)(F)C2)c2ccccc2Cl)c1. The first-order valence-electron chi connectivity index (χ1n) is 14.1. The Labute approximate surface area is 258 Å². The lowest BCUT2D eigenvalue weighted by molar-refractivity contribution is -0.133. The van der Waals surface area contributed by atoms with Crippen molar-refractivity contribution in [3.63, 3.8) is 0 Å². The third kappa shape index (κ3) is 6.27. The van der Waals surface area contributed by atoms with E-state index in [9.17, 15) is 33.5 Å². The number of pyridine rings is 1. The number of carbonyl (C=O) groups is 3. The molecule has 2 aromatic carbocycles. The highest BCUT2D eigenvalue weighted by Gasteiger charge is 2.48. The summed E-state index contributed by atoms with van der Waals surface area (Å²) in [6, 6.07) is 14.3. The molecule has 0 radical (unpaired) electrons. The molecule has 228 valence electrons. The van der Waals surface area contributed by atoms with E-state index >= 15 is 0 Å². The average molecular weight is 622 g/mol. The third-order valence-corrected chi connectivity index (χ3v) is 8.17. The van der Waals surface area contributed by atoms with Gasteiger partial charge in [0.1, 0.15) is 17.9 Å². The third-order valence-electron chi connectivity index (χ3n) is 7.83. The fraction of sp³-hybridized carbons (Fsp3) is 0.344. The second-order valence-electron chi connectivity index (χ2n) is 11.5. The summed E-state index contributed by atoms with van der Waals surface area (Å²) >= 11 is 6.59. The van der Waals surface area contributed by atoms with E-state index in [-0.39, 0.29) is 40.5 Å². The zero-order valence-electron chi connectivity index (χ0n) is 24.0. The van der Waals surface area contributed by atoms with Gasteiger partial charge in [0.25, 0.3) is 11.8 Å². The summed E-state index contributed by atoms with van der Waals surface area (Å²) < 4.78 is 27.4. The number of benzene rings is 2. The first-order valence-corrected chi connectivity index (χ1v) is 14.4. The molecule has 1 aliphatic heterocycles. The van der Waals surface area contributed by atoms with Crippen molar-refractivity contribution in [1.29, 1.82) is 5.26 Å². The number of aromatic nitrogens is 1. The zero-order chi connectivity index (χ0) is 31.8. The van der Waals surface area contributed by atoms with Crippen LogP contribution in [0.15, 0.2) is 66.9 Å². The maximum absolute atomic E-state index is 14.7. The molecule has 1 aliphatic carbocycles. The summed E-state index contributed by atoms with van der Waals surface area (Å²) in [5.74, 6) is -4.59. The molecule has 2 atom stereocenters. The molecule has 0 unspecified atom stereocenters. The summed E-state index contributed by atoms with van der Waals surface area (Å²) in [6.07, 6.45) is 0.375. The lowest BCUT2D eigenvalue weighted by Crippen LogP contribution is -2.56. The highest BCUT2D eigenvalue weighted by atomic mass is 35.5. The molecule has 0 spiro atoms. The second-order valence-corrected chi connectivity index (χ2v) is 12.0. The van der Waals surface area contributed by atoms with Crippen LogP contribution in [-0.2, 0) is 20.0 Å². The van der Waals surface area contributed by atoms with Gasteiger partial charge >= 0.3 is 0 Å². The van der Waals surface area contributed by atoms with Crippen molar-refractivity contribution in [2.45, 2.75) is 69.2 Å². The van der Waals surface area contributed by atoms with Gasteiger partial charge in [-0.25, -0.2) is 13.8 Å². The predicted molar refractivity (Wildman–Crippen MR) is 159 cm³/mol. The second kappa shape index (κ2) is 11.9. The van der Waals surface area contributed by atoms with E-state index in [1.165, 1.54) is 28.1 Å². The van der Waals surface area contributed by atoms with E-state index in [4.69, 9.17) is 11.6 Å². The van der Waals surface area contributed by atoms with E-state index in [2.05, 4.69) is 10.3 Å². The standard InChI is InChI=1S/C32H30ClF2N5O4/c1-31(2,44)20-6-5-7-22(15-20)39(30(43)25-10-11-27(41)40(25)26-14-19(18-36)12-13-37-26)28(23-8-3-4-9-24(23)33)29(42)38-21-16-32(34,35)17-21/h3-9,12-15,21,25,28,44H,10-11,16-17H2,1-2H3,(H,38,42)/t25-,28-/m0/s1. The fourth-order valence-corrected chi connectivity index (χ4v) is 5.80. The molecule has 1 aromatic heterocycles. The molecule has 3 aromatic rings. The van der Waals surface area contributed by atoms with Crippen molar-refractivity contribution in [2.75, 3.05) is 9.80 Å². The Hall–Kier alpha value is -4.40. The van der Waals surface area contributed by atoms with Crippen molar-refractivity contribution in [3.8, 4) is 6.07 Å². The van der Waals surface area contributed by atoms with Gasteiger partial charge in [0.05, 0.1) is 17.2 Å². The number of hydrogen-bond donors (Lipinski definition) is 2. The quantitative estimate of drug-likeness (QED) is 0.364. The monoisotopic (exact) mass is 621 g/mol. The van der Waals surface area contributed by atoms with Gasteiger partial charge in [-0.1, -0.05) is 41.9 Å². The molecule has 9 nitrogen and oxygen atoms in total. The summed E-state index contributed by atoms with van der Waals surface area (Å²) in [6.45, 7) is 3.14. The summed E-state index contributed by atoms with van der Waals surface area (Å²) in [5, 5.41) is 23.0. The van der Waals surface area contributed by atoms with Crippen molar-refractivity contribution in [1.82, 2.24) is 10.3 Å². The predicted octanol–water partition coefficient (Wildman–Crippen LogP) is 5.02. The molecule has 44 heavy (non-hydrogen) atoms.